The normalized spacial score (nSPS) is 21.9. The molecule has 14 heteroatoms. The van der Waals surface area contributed by atoms with Crippen molar-refractivity contribution < 1.29 is 32.5 Å². The molecular formula is C22H28F3N7O4. The number of alkyl halides is 3. The van der Waals surface area contributed by atoms with Gasteiger partial charge in [0.05, 0.1) is 18.9 Å². The van der Waals surface area contributed by atoms with Crippen LogP contribution in [0.15, 0.2) is 18.5 Å². The Morgan fingerprint density at radius 1 is 1.25 bits per heavy atom. The maximum Gasteiger partial charge on any atom is 0.426 e. The molecule has 1 saturated carbocycles. The van der Waals surface area contributed by atoms with Gasteiger partial charge in [-0.05, 0) is 6.42 Å². The summed E-state index contributed by atoms with van der Waals surface area (Å²) in [7, 11) is 1.26. The molecule has 196 valence electrons. The van der Waals surface area contributed by atoms with E-state index in [1.165, 1.54) is 19.4 Å². The Kier molecular flexibility index (Phi) is 7.18. The molecule has 36 heavy (non-hydrogen) atoms. The van der Waals surface area contributed by atoms with Crippen molar-refractivity contribution in [1.82, 2.24) is 24.8 Å². The predicted molar refractivity (Wildman–Crippen MR) is 122 cm³/mol. The number of hydrogen-bond acceptors (Lipinski definition) is 10. The number of ether oxygens (including phenoxy) is 2. The Morgan fingerprint density at radius 3 is 2.47 bits per heavy atom. The molecule has 1 aliphatic heterocycles. The fourth-order valence-electron chi connectivity index (χ4n) is 4.05. The zero-order valence-electron chi connectivity index (χ0n) is 19.9. The number of nitrogen functional groups attached to an aromatic ring is 1. The molecule has 1 amide bonds. The third kappa shape index (κ3) is 5.14. The van der Waals surface area contributed by atoms with Crippen molar-refractivity contribution in [2.45, 2.75) is 50.1 Å². The highest BCUT2D eigenvalue weighted by Crippen LogP contribution is 2.37. The average molecular weight is 512 g/mol. The van der Waals surface area contributed by atoms with Crippen LogP contribution >= 0.6 is 0 Å². The van der Waals surface area contributed by atoms with Gasteiger partial charge in [-0.3, -0.25) is 4.79 Å². The van der Waals surface area contributed by atoms with Crippen LogP contribution in [0, 0.1) is 0 Å². The minimum atomic E-state index is -5.06. The number of hydrogen-bond donors (Lipinski definition) is 2. The number of aliphatic hydroxyl groups is 1. The summed E-state index contributed by atoms with van der Waals surface area (Å²) in [6.07, 6.45) is -2.57. The second-order valence-corrected chi connectivity index (χ2v) is 8.81. The van der Waals surface area contributed by atoms with Crippen LogP contribution in [0.3, 0.4) is 0 Å². The van der Waals surface area contributed by atoms with E-state index in [-0.39, 0.29) is 30.8 Å². The van der Waals surface area contributed by atoms with E-state index >= 15 is 0 Å². The number of anilines is 2. The minimum absolute atomic E-state index is 0.123. The Labute approximate surface area is 205 Å². The lowest BCUT2D eigenvalue weighted by atomic mass is 9.86. The highest BCUT2D eigenvalue weighted by atomic mass is 19.4. The first-order chi connectivity index (χ1) is 17.0. The van der Waals surface area contributed by atoms with Crippen LogP contribution in [0.2, 0.25) is 0 Å². The molecule has 1 aliphatic carbocycles. The van der Waals surface area contributed by atoms with Crippen LogP contribution in [-0.4, -0.2) is 93.1 Å². The number of rotatable bonds is 7. The Morgan fingerprint density at radius 2 is 1.89 bits per heavy atom. The lowest BCUT2D eigenvalue weighted by Crippen LogP contribution is -2.61. The maximum atomic E-state index is 13.3. The number of amides is 1. The molecule has 0 spiro atoms. The lowest BCUT2D eigenvalue weighted by Gasteiger charge is -2.43. The molecule has 3 heterocycles. The van der Waals surface area contributed by atoms with Gasteiger partial charge in [-0.25, -0.2) is 15.0 Å². The molecule has 3 N–H and O–H groups in total. The summed E-state index contributed by atoms with van der Waals surface area (Å²) in [6, 6.07) is 1.12. The standard InChI is InChI=1S/C22H28F3N7O4/c1-3-21(34,22(23,24)25)18(33)31(2)14-8-15(9-14)36-17-10-16(13-11-27-19(26)28-12-13)29-20(30-17)32-4-6-35-7-5-32/h10-12,14-15,34H,3-9H2,1-2H3,(H2,26,27,28)/t14?,15?,21-/m0/s1. The van der Waals surface area contributed by atoms with Crippen molar-refractivity contribution in [2.75, 3.05) is 44.0 Å². The zero-order chi connectivity index (χ0) is 26.1. The first kappa shape index (κ1) is 25.8. The number of morpholine rings is 1. The fraction of sp³-hybridized carbons (Fsp3) is 0.591. The number of likely N-dealkylation sites (N-methyl/N-ethyl adjacent to an activating group) is 1. The lowest BCUT2D eigenvalue weighted by molar-refractivity contribution is -0.258. The van der Waals surface area contributed by atoms with Gasteiger partial charge >= 0.3 is 6.18 Å². The van der Waals surface area contributed by atoms with E-state index in [0.717, 1.165) is 11.8 Å². The van der Waals surface area contributed by atoms with Gasteiger partial charge in [-0.2, -0.15) is 18.2 Å². The van der Waals surface area contributed by atoms with Crippen molar-refractivity contribution in [2.24, 2.45) is 0 Å². The average Bonchev–Trinajstić information content (AvgIpc) is 2.84. The molecule has 0 aromatic carbocycles. The summed E-state index contributed by atoms with van der Waals surface area (Å²) in [5, 5.41) is 9.98. The number of halogens is 3. The van der Waals surface area contributed by atoms with E-state index in [2.05, 4.69) is 19.9 Å². The number of carbonyl (C=O) groups is 1. The minimum Gasteiger partial charge on any atom is -0.474 e. The van der Waals surface area contributed by atoms with Crippen LogP contribution in [0.25, 0.3) is 11.3 Å². The molecule has 1 saturated heterocycles. The number of nitrogens with two attached hydrogens (primary N) is 1. The van der Waals surface area contributed by atoms with Gasteiger partial charge in [0.25, 0.3) is 5.91 Å². The molecule has 11 nitrogen and oxygen atoms in total. The van der Waals surface area contributed by atoms with E-state index in [9.17, 15) is 23.1 Å². The highest BCUT2D eigenvalue weighted by molar-refractivity contribution is 5.86. The third-order valence-corrected chi connectivity index (χ3v) is 6.51. The Balaban J connectivity index is 1.48. The summed E-state index contributed by atoms with van der Waals surface area (Å²) < 4.78 is 51.3. The van der Waals surface area contributed by atoms with Crippen molar-refractivity contribution in [3.8, 4) is 17.1 Å². The molecule has 0 radical (unpaired) electrons. The highest BCUT2D eigenvalue weighted by Gasteiger charge is 2.60. The summed E-state index contributed by atoms with van der Waals surface area (Å²) in [5.74, 6) is -0.541. The largest absolute Gasteiger partial charge is 0.474 e. The molecule has 2 aromatic heterocycles. The first-order valence-corrected chi connectivity index (χ1v) is 11.5. The molecule has 2 aliphatic rings. The van der Waals surface area contributed by atoms with Gasteiger partial charge in [0.15, 0.2) is 0 Å². The van der Waals surface area contributed by atoms with Gasteiger partial charge in [0.2, 0.25) is 23.4 Å². The summed E-state index contributed by atoms with van der Waals surface area (Å²) >= 11 is 0. The zero-order valence-corrected chi connectivity index (χ0v) is 19.9. The fourth-order valence-corrected chi connectivity index (χ4v) is 4.05. The van der Waals surface area contributed by atoms with E-state index < -0.39 is 30.1 Å². The Bertz CT molecular complexity index is 1080. The smallest absolute Gasteiger partial charge is 0.426 e. The SMILES string of the molecule is CC[C@](O)(C(=O)N(C)C1CC(Oc2cc(-c3cnc(N)nc3)nc(N3CCOCC3)n2)C1)C(F)(F)F. The van der Waals surface area contributed by atoms with E-state index in [1.807, 2.05) is 4.90 Å². The van der Waals surface area contributed by atoms with Crippen molar-refractivity contribution in [3.05, 3.63) is 18.5 Å². The van der Waals surface area contributed by atoms with Crippen LogP contribution in [0.1, 0.15) is 26.2 Å². The number of nitrogens with zero attached hydrogens (tertiary/aromatic N) is 6. The van der Waals surface area contributed by atoms with E-state index in [1.54, 1.807) is 6.07 Å². The molecule has 4 rings (SSSR count). The van der Waals surface area contributed by atoms with E-state index in [4.69, 9.17) is 15.2 Å². The van der Waals surface area contributed by atoms with Crippen LogP contribution in [0.5, 0.6) is 5.88 Å². The van der Waals surface area contributed by atoms with Crippen molar-refractivity contribution in [3.63, 3.8) is 0 Å². The first-order valence-electron chi connectivity index (χ1n) is 11.5. The Hall–Kier alpha value is -3.26. The summed E-state index contributed by atoms with van der Waals surface area (Å²) in [6.45, 7) is 3.37. The quantitative estimate of drug-likeness (QED) is 0.561. The monoisotopic (exact) mass is 511 g/mol. The topological polar surface area (TPSA) is 140 Å². The van der Waals surface area contributed by atoms with Gasteiger partial charge in [-0.1, -0.05) is 6.92 Å². The molecule has 1 atom stereocenters. The molecule has 2 aromatic rings. The molecule has 0 unspecified atom stereocenters. The van der Waals surface area contributed by atoms with Gasteiger partial charge < -0.3 is 30.1 Å². The van der Waals surface area contributed by atoms with E-state index in [0.29, 0.717) is 43.5 Å². The second kappa shape index (κ2) is 10.0. The van der Waals surface area contributed by atoms with Crippen LogP contribution in [-0.2, 0) is 9.53 Å². The summed E-state index contributed by atoms with van der Waals surface area (Å²) in [5.41, 5.74) is 3.29. The van der Waals surface area contributed by atoms with Crippen LogP contribution in [0.4, 0.5) is 25.1 Å². The number of carbonyl (C=O) groups excluding carboxylic acids is 1. The maximum absolute atomic E-state index is 13.3. The predicted octanol–water partition coefficient (Wildman–Crippen LogP) is 1.42. The molecule has 2 fully saturated rings. The van der Waals surface area contributed by atoms with Gasteiger partial charge in [-0.15, -0.1) is 0 Å². The second-order valence-electron chi connectivity index (χ2n) is 8.81. The van der Waals surface area contributed by atoms with Crippen molar-refractivity contribution >= 4 is 17.8 Å². The third-order valence-electron chi connectivity index (χ3n) is 6.51. The molecule has 0 bridgehead atoms. The van der Waals surface area contributed by atoms with Gasteiger partial charge in [0.1, 0.15) is 6.10 Å². The van der Waals surface area contributed by atoms with Crippen LogP contribution < -0.4 is 15.4 Å². The number of aromatic nitrogens is 4. The van der Waals surface area contributed by atoms with Gasteiger partial charge in [0, 0.05) is 63.0 Å². The summed E-state index contributed by atoms with van der Waals surface area (Å²) in [4.78, 5) is 32.5. The molecular weight excluding hydrogens is 483 g/mol. The van der Waals surface area contributed by atoms with Crippen molar-refractivity contribution in [1.29, 1.82) is 0 Å².